The maximum atomic E-state index is 12.2. The van der Waals surface area contributed by atoms with Crippen molar-refractivity contribution in [2.24, 2.45) is 11.8 Å². The zero-order valence-corrected chi connectivity index (χ0v) is 12.9. The number of sulfonamides is 1. The Bertz CT molecular complexity index is 458. The summed E-state index contributed by atoms with van der Waals surface area (Å²) in [6.07, 6.45) is 4.96. The van der Waals surface area contributed by atoms with E-state index in [0.717, 1.165) is 32.1 Å². The topological polar surface area (TPSA) is 79.2 Å². The van der Waals surface area contributed by atoms with Gasteiger partial charge in [0.1, 0.15) is 0 Å². The van der Waals surface area contributed by atoms with Crippen molar-refractivity contribution in [2.45, 2.75) is 57.6 Å². The summed E-state index contributed by atoms with van der Waals surface area (Å²) < 4.78 is 32.7. The Hall–Kier alpha value is -0.640. The summed E-state index contributed by atoms with van der Waals surface area (Å²) in [5.41, 5.74) is 0. The van der Waals surface area contributed by atoms with Crippen molar-refractivity contribution in [1.29, 1.82) is 5.26 Å². The molecular weight excluding hydrogens is 276 g/mol. The van der Waals surface area contributed by atoms with Crippen LogP contribution in [0.15, 0.2) is 0 Å². The first-order valence-corrected chi connectivity index (χ1v) is 9.12. The van der Waals surface area contributed by atoms with Crippen LogP contribution in [-0.2, 0) is 14.8 Å². The van der Waals surface area contributed by atoms with Gasteiger partial charge >= 0.3 is 0 Å². The van der Waals surface area contributed by atoms with Crippen molar-refractivity contribution >= 4 is 10.0 Å². The molecule has 1 heterocycles. The molecule has 0 aromatic carbocycles. The number of hydrogen-bond donors (Lipinski definition) is 1. The molecule has 1 aliphatic heterocycles. The number of ether oxygens (including phenoxy) is 1. The molecule has 6 heteroatoms. The van der Waals surface area contributed by atoms with Crippen molar-refractivity contribution in [3.8, 4) is 6.07 Å². The highest BCUT2D eigenvalue weighted by Crippen LogP contribution is 2.29. The Kier molecular flexibility index (Phi) is 5.42. The Morgan fingerprint density at radius 2 is 2.05 bits per heavy atom. The van der Waals surface area contributed by atoms with Gasteiger partial charge in [-0.3, -0.25) is 0 Å². The van der Waals surface area contributed by atoms with Crippen LogP contribution in [0.5, 0.6) is 0 Å². The third-order valence-electron chi connectivity index (χ3n) is 4.32. The summed E-state index contributed by atoms with van der Waals surface area (Å²) in [5.74, 6) is 0.767. The average molecular weight is 300 g/mol. The minimum Gasteiger partial charge on any atom is -0.378 e. The van der Waals surface area contributed by atoms with E-state index in [-0.39, 0.29) is 23.8 Å². The van der Waals surface area contributed by atoms with Gasteiger partial charge in [0.05, 0.1) is 17.9 Å². The van der Waals surface area contributed by atoms with Crippen LogP contribution in [0.4, 0.5) is 0 Å². The van der Waals surface area contributed by atoms with Crippen molar-refractivity contribution in [1.82, 2.24) is 4.72 Å². The first kappa shape index (κ1) is 15.7. The Balaban J connectivity index is 1.81. The molecule has 1 N–H and O–H groups in total. The van der Waals surface area contributed by atoms with Crippen molar-refractivity contribution < 1.29 is 13.2 Å². The van der Waals surface area contributed by atoms with Gasteiger partial charge in [-0.05, 0) is 50.9 Å². The fourth-order valence-electron chi connectivity index (χ4n) is 3.35. The quantitative estimate of drug-likeness (QED) is 0.839. The molecule has 0 radical (unpaired) electrons. The fourth-order valence-corrected chi connectivity index (χ4v) is 5.09. The zero-order valence-electron chi connectivity index (χ0n) is 12.0. The van der Waals surface area contributed by atoms with E-state index in [0.29, 0.717) is 18.9 Å². The van der Waals surface area contributed by atoms with E-state index in [9.17, 15) is 8.42 Å². The zero-order chi connectivity index (χ0) is 14.6. The molecule has 0 aromatic heterocycles. The largest absolute Gasteiger partial charge is 0.378 e. The lowest BCUT2D eigenvalue weighted by atomic mass is 9.98. The van der Waals surface area contributed by atoms with E-state index < -0.39 is 10.0 Å². The number of nitrogens with one attached hydrogen (secondary N) is 1. The number of nitriles is 1. The molecule has 5 nitrogen and oxygen atoms in total. The monoisotopic (exact) mass is 300 g/mol. The molecule has 1 saturated heterocycles. The van der Waals surface area contributed by atoms with Crippen LogP contribution in [-0.4, -0.2) is 32.9 Å². The molecule has 2 aliphatic rings. The third-order valence-corrected chi connectivity index (χ3v) is 5.92. The van der Waals surface area contributed by atoms with Gasteiger partial charge < -0.3 is 4.74 Å². The average Bonchev–Trinajstić information content (AvgIpc) is 2.75. The summed E-state index contributed by atoms with van der Waals surface area (Å²) >= 11 is 0. The number of rotatable bonds is 5. The van der Waals surface area contributed by atoms with E-state index in [4.69, 9.17) is 10.00 Å². The molecule has 114 valence electrons. The van der Waals surface area contributed by atoms with Crippen LogP contribution in [0.1, 0.15) is 45.4 Å². The van der Waals surface area contributed by atoms with Gasteiger partial charge in [0.15, 0.2) is 0 Å². The van der Waals surface area contributed by atoms with E-state index in [1.807, 2.05) is 6.92 Å². The first-order chi connectivity index (χ1) is 9.48. The van der Waals surface area contributed by atoms with Gasteiger partial charge in [-0.25, -0.2) is 13.1 Å². The molecule has 0 aromatic rings. The molecule has 4 atom stereocenters. The second-order valence-electron chi connectivity index (χ2n) is 6.21. The predicted octanol–water partition coefficient (Wildman–Crippen LogP) is 1.80. The van der Waals surface area contributed by atoms with E-state index >= 15 is 0 Å². The van der Waals surface area contributed by atoms with Crippen LogP contribution in [0.3, 0.4) is 0 Å². The highest BCUT2D eigenvalue weighted by atomic mass is 32.2. The fraction of sp³-hybridized carbons (Fsp3) is 0.929. The maximum Gasteiger partial charge on any atom is 0.212 e. The van der Waals surface area contributed by atoms with Crippen molar-refractivity contribution in [3.05, 3.63) is 0 Å². The Morgan fingerprint density at radius 3 is 2.75 bits per heavy atom. The summed E-state index contributed by atoms with van der Waals surface area (Å²) in [4.78, 5) is 0. The second kappa shape index (κ2) is 6.88. The van der Waals surface area contributed by atoms with E-state index in [1.165, 1.54) is 0 Å². The summed E-state index contributed by atoms with van der Waals surface area (Å²) in [5, 5.41) is 8.69. The van der Waals surface area contributed by atoms with E-state index in [2.05, 4.69) is 10.8 Å². The van der Waals surface area contributed by atoms with Gasteiger partial charge in [-0.2, -0.15) is 5.26 Å². The molecular formula is C14H24N2O3S. The smallest absolute Gasteiger partial charge is 0.212 e. The molecule has 2 rings (SSSR count). The van der Waals surface area contributed by atoms with Gasteiger partial charge in [0.2, 0.25) is 10.0 Å². The Labute approximate surface area is 121 Å². The molecule has 2 fully saturated rings. The third kappa shape index (κ3) is 4.72. The normalized spacial score (nSPS) is 34.8. The maximum absolute atomic E-state index is 12.2. The minimum absolute atomic E-state index is 0.0237. The molecule has 2 unspecified atom stereocenters. The van der Waals surface area contributed by atoms with Crippen LogP contribution in [0, 0.1) is 23.2 Å². The molecule has 20 heavy (non-hydrogen) atoms. The van der Waals surface area contributed by atoms with Crippen LogP contribution < -0.4 is 4.72 Å². The predicted molar refractivity (Wildman–Crippen MR) is 76.4 cm³/mol. The van der Waals surface area contributed by atoms with Crippen LogP contribution in [0.25, 0.3) is 0 Å². The Morgan fingerprint density at radius 1 is 1.25 bits per heavy atom. The SMILES string of the molecule is CC1CC(CS(=O)(=O)N[C@@H]2CC[C@H](CC#N)C2)CCO1. The standard InChI is InChI=1S/C14H24N2O3S/c1-11-8-13(5-7-19-11)10-20(17,18)16-14-3-2-12(9-14)4-6-15/h11-14,16H,2-5,7-10H2,1H3/t11?,12-,13?,14-/m1/s1. The van der Waals surface area contributed by atoms with Gasteiger partial charge in [0, 0.05) is 19.1 Å². The lowest BCUT2D eigenvalue weighted by Gasteiger charge is -2.27. The molecule has 0 bridgehead atoms. The van der Waals surface area contributed by atoms with E-state index in [1.54, 1.807) is 0 Å². The van der Waals surface area contributed by atoms with Crippen molar-refractivity contribution in [2.75, 3.05) is 12.4 Å². The van der Waals surface area contributed by atoms with Gasteiger partial charge in [-0.15, -0.1) is 0 Å². The van der Waals surface area contributed by atoms with Crippen LogP contribution >= 0.6 is 0 Å². The van der Waals surface area contributed by atoms with Crippen LogP contribution in [0.2, 0.25) is 0 Å². The summed E-state index contributed by atoms with van der Waals surface area (Å²) in [6, 6.07) is 2.20. The molecule has 1 saturated carbocycles. The lowest BCUT2D eigenvalue weighted by molar-refractivity contribution is 0.00746. The van der Waals surface area contributed by atoms with Gasteiger partial charge in [-0.1, -0.05) is 0 Å². The molecule has 1 aliphatic carbocycles. The summed E-state index contributed by atoms with van der Waals surface area (Å²) in [7, 11) is -3.21. The molecule has 0 amide bonds. The number of nitrogens with zero attached hydrogens (tertiary/aromatic N) is 1. The lowest BCUT2D eigenvalue weighted by Crippen LogP contribution is -2.38. The molecule has 0 spiro atoms. The minimum atomic E-state index is -3.21. The highest BCUT2D eigenvalue weighted by Gasteiger charge is 2.30. The first-order valence-electron chi connectivity index (χ1n) is 7.47. The highest BCUT2D eigenvalue weighted by molar-refractivity contribution is 7.89. The second-order valence-corrected chi connectivity index (χ2v) is 8.01. The summed E-state index contributed by atoms with van der Waals surface area (Å²) in [6.45, 7) is 2.66. The number of hydrogen-bond acceptors (Lipinski definition) is 4. The van der Waals surface area contributed by atoms with Gasteiger partial charge in [0.25, 0.3) is 0 Å². The van der Waals surface area contributed by atoms with Crippen molar-refractivity contribution in [3.63, 3.8) is 0 Å².